The lowest BCUT2D eigenvalue weighted by atomic mass is 10.1. The van der Waals surface area contributed by atoms with Gasteiger partial charge in [-0.25, -0.2) is 13.1 Å². The van der Waals surface area contributed by atoms with Crippen molar-refractivity contribution in [3.8, 4) is 11.1 Å². The van der Waals surface area contributed by atoms with Crippen molar-refractivity contribution in [1.82, 2.24) is 4.72 Å². The number of sulfonamides is 1. The van der Waals surface area contributed by atoms with E-state index in [2.05, 4.69) is 11.6 Å². The van der Waals surface area contributed by atoms with Gasteiger partial charge in [-0.2, -0.15) is 0 Å². The van der Waals surface area contributed by atoms with E-state index in [1.54, 1.807) is 36.4 Å². The first kappa shape index (κ1) is 18.1. The zero-order valence-corrected chi connectivity index (χ0v) is 14.3. The highest BCUT2D eigenvalue weighted by Crippen LogP contribution is 2.28. The van der Waals surface area contributed by atoms with Gasteiger partial charge in [0.05, 0.1) is 9.82 Å². The molecule has 0 bridgehead atoms. The Morgan fingerprint density at radius 3 is 2.33 bits per heavy atom. The topological polar surface area (TPSA) is 89.3 Å². The van der Waals surface area contributed by atoms with Gasteiger partial charge >= 0.3 is 0 Å². The standard InChI is InChI=1S/C17H20N2O4S/c1-2-3-6-13-18-24(22,23)17-8-5-4-7-16(17)14-9-11-15(12-10-14)19(20)21/h4-5,7-12,18H,2-3,6,13H2,1H3. The maximum atomic E-state index is 12.5. The molecule has 0 amide bonds. The lowest BCUT2D eigenvalue weighted by molar-refractivity contribution is -0.384. The first-order valence-corrected chi connectivity index (χ1v) is 9.27. The van der Waals surface area contributed by atoms with Crippen LogP contribution < -0.4 is 4.72 Å². The van der Waals surface area contributed by atoms with Crippen LogP contribution in [0.5, 0.6) is 0 Å². The van der Waals surface area contributed by atoms with Crippen LogP contribution in [0.15, 0.2) is 53.4 Å². The van der Waals surface area contributed by atoms with Gasteiger partial charge in [0.15, 0.2) is 0 Å². The predicted octanol–water partition coefficient (Wildman–Crippen LogP) is 3.73. The van der Waals surface area contributed by atoms with E-state index in [4.69, 9.17) is 0 Å². The van der Waals surface area contributed by atoms with Gasteiger partial charge in [0.1, 0.15) is 0 Å². The van der Waals surface area contributed by atoms with Gasteiger partial charge in [0.2, 0.25) is 10.0 Å². The minimum absolute atomic E-state index is 0.0308. The second kappa shape index (κ2) is 8.03. The van der Waals surface area contributed by atoms with Crippen LogP contribution in [0, 0.1) is 10.1 Å². The number of rotatable bonds is 8. The monoisotopic (exact) mass is 348 g/mol. The predicted molar refractivity (Wildman–Crippen MR) is 93.2 cm³/mol. The first-order valence-electron chi connectivity index (χ1n) is 7.79. The summed E-state index contributed by atoms with van der Waals surface area (Å²) in [5.74, 6) is 0. The van der Waals surface area contributed by atoms with Crippen molar-refractivity contribution in [1.29, 1.82) is 0 Å². The Kier molecular flexibility index (Phi) is 6.05. The molecule has 0 fully saturated rings. The fourth-order valence-corrected chi connectivity index (χ4v) is 3.66. The maximum absolute atomic E-state index is 12.5. The summed E-state index contributed by atoms with van der Waals surface area (Å²) in [6, 6.07) is 12.5. The van der Waals surface area contributed by atoms with E-state index in [-0.39, 0.29) is 10.6 Å². The van der Waals surface area contributed by atoms with Crippen LogP contribution in [0.1, 0.15) is 26.2 Å². The van der Waals surface area contributed by atoms with Crippen LogP contribution in [0.2, 0.25) is 0 Å². The molecule has 2 aromatic carbocycles. The van der Waals surface area contributed by atoms with Crippen molar-refractivity contribution in [3.05, 3.63) is 58.6 Å². The van der Waals surface area contributed by atoms with Gasteiger partial charge in [-0.05, 0) is 30.2 Å². The Bertz CT molecular complexity index is 802. The fourth-order valence-electron chi connectivity index (χ4n) is 2.36. The molecule has 1 N–H and O–H groups in total. The Balaban J connectivity index is 2.31. The third-order valence-corrected chi connectivity index (χ3v) is 5.16. The SMILES string of the molecule is CCCCCNS(=O)(=O)c1ccccc1-c1ccc([N+](=O)[O-])cc1. The largest absolute Gasteiger partial charge is 0.269 e. The molecule has 0 saturated heterocycles. The van der Waals surface area contributed by atoms with Crippen LogP contribution in [0.25, 0.3) is 11.1 Å². The summed E-state index contributed by atoms with van der Waals surface area (Å²) < 4.78 is 27.7. The molecule has 0 aromatic heterocycles. The minimum Gasteiger partial charge on any atom is -0.258 e. The summed E-state index contributed by atoms with van der Waals surface area (Å²) >= 11 is 0. The van der Waals surface area contributed by atoms with E-state index >= 15 is 0 Å². The van der Waals surface area contributed by atoms with Crippen LogP contribution in [0.4, 0.5) is 5.69 Å². The van der Waals surface area contributed by atoms with Crippen molar-refractivity contribution in [2.45, 2.75) is 31.1 Å². The third kappa shape index (κ3) is 4.39. The quantitative estimate of drug-likeness (QED) is 0.447. The molecule has 0 aliphatic rings. The van der Waals surface area contributed by atoms with Crippen LogP contribution >= 0.6 is 0 Å². The molecule has 6 nitrogen and oxygen atoms in total. The first-order chi connectivity index (χ1) is 11.5. The van der Waals surface area contributed by atoms with Gasteiger partial charge in [0.25, 0.3) is 5.69 Å². The van der Waals surface area contributed by atoms with Gasteiger partial charge in [-0.15, -0.1) is 0 Å². The summed E-state index contributed by atoms with van der Waals surface area (Å²) in [4.78, 5) is 10.4. The minimum atomic E-state index is -3.63. The van der Waals surface area contributed by atoms with E-state index in [9.17, 15) is 18.5 Å². The van der Waals surface area contributed by atoms with Crippen molar-refractivity contribution in [2.75, 3.05) is 6.54 Å². The number of nitrogens with one attached hydrogen (secondary N) is 1. The number of nitro benzene ring substituents is 1. The van der Waals surface area contributed by atoms with E-state index in [0.29, 0.717) is 17.7 Å². The molecule has 7 heteroatoms. The molecule has 24 heavy (non-hydrogen) atoms. The number of benzene rings is 2. The molecule has 0 aliphatic carbocycles. The zero-order chi connectivity index (χ0) is 17.6. The van der Waals surface area contributed by atoms with Gasteiger partial charge < -0.3 is 0 Å². The summed E-state index contributed by atoms with van der Waals surface area (Å²) in [5, 5.41) is 10.7. The molecule has 2 aromatic rings. The number of nitro groups is 1. The molecule has 0 heterocycles. The van der Waals surface area contributed by atoms with Crippen molar-refractivity contribution < 1.29 is 13.3 Å². The molecular weight excluding hydrogens is 328 g/mol. The molecule has 0 spiro atoms. The highest BCUT2D eigenvalue weighted by molar-refractivity contribution is 7.89. The Morgan fingerprint density at radius 1 is 1.04 bits per heavy atom. The number of non-ortho nitro benzene ring substituents is 1. The Hall–Kier alpha value is -2.25. The number of hydrogen-bond acceptors (Lipinski definition) is 4. The lowest BCUT2D eigenvalue weighted by Gasteiger charge is -2.11. The van der Waals surface area contributed by atoms with Crippen molar-refractivity contribution in [2.24, 2.45) is 0 Å². The summed E-state index contributed by atoms with van der Waals surface area (Å²) in [6.45, 7) is 2.45. The maximum Gasteiger partial charge on any atom is 0.269 e. The lowest BCUT2D eigenvalue weighted by Crippen LogP contribution is -2.25. The molecule has 2 rings (SSSR count). The average Bonchev–Trinajstić information content (AvgIpc) is 2.59. The summed E-state index contributed by atoms with van der Waals surface area (Å²) in [7, 11) is -3.63. The highest BCUT2D eigenvalue weighted by Gasteiger charge is 2.18. The van der Waals surface area contributed by atoms with Crippen LogP contribution in [-0.2, 0) is 10.0 Å². The van der Waals surface area contributed by atoms with E-state index in [1.165, 1.54) is 12.1 Å². The van der Waals surface area contributed by atoms with E-state index in [1.807, 2.05) is 0 Å². The highest BCUT2D eigenvalue weighted by atomic mass is 32.2. The van der Waals surface area contributed by atoms with Crippen molar-refractivity contribution >= 4 is 15.7 Å². The summed E-state index contributed by atoms with van der Waals surface area (Å²) in [5.41, 5.74) is 1.11. The van der Waals surface area contributed by atoms with Gasteiger partial charge in [0, 0.05) is 24.2 Å². The van der Waals surface area contributed by atoms with Gasteiger partial charge in [-0.1, -0.05) is 38.0 Å². The molecule has 0 saturated carbocycles. The van der Waals surface area contributed by atoms with E-state index < -0.39 is 14.9 Å². The molecule has 0 atom stereocenters. The fraction of sp³-hybridized carbons (Fsp3) is 0.294. The molecule has 128 valence electrons. The molecular formula is C17H20N2O4S. The van der Waals surface area contributed by atoms with E-state index in [0.717, 1.165) is 19.3 Å². The third-order valence-electron chi connectivity index (χ3n) is 3.64. The number of nitrogens with zero attached hydrogens (tertiary/aromatic N) is 1. The second-order valence-corrected chi connectivity index (χ2v) is 7.14. The molecule has 0 unspecified atom stereocenters. The normalized spacial score (nSPS) is 11.4. The summed E-state index contributed by atoms with van der Waals surface area (Å²) in [6.07, 6.45) is 2.77. The number of hydrogen-bond donors (Lipinski definition) is 1. The average molecular weight is 348 g/mol. The smallest absolute Gasteiger partial charge is 0.258 e. The second-order valence-electron chi connectivity index (χ2n) is 5.41. The van der Waals surface area contributed by atoms with Gasteiger partial charge in [-0.3, -0.25) is 10.1 Å². The molecule has 0 radical (unpaired) electrons. The Morgan fingerprint density at radius 2 is 1.71 bits per heavy atom. The van der Waals surface area contributed by atoms with Crippen LogP contribution in [-0.4, -0.2) is 19.9 Å². The van der Waals surface area contributed by atoms with Crippen LogP contribution in [0.3, 0.4) is 0 Å². The van der Waals surface area contributed by atoms with Crippen molar-refractivity contribution in [3.63, 3.8) is 0 Å². The molecule has 0 aliphatic heterocycles. The Labute approximate surface area is 141 Å². The number of unbranched alkanes of at least 4 members (excludes halogenated alkanes) is 2. The zero-order valence-electron chi connectivity index (χ0n) is 13.4.